The minimum atomic E-state index is -1.16. The molecule has 0 fully saturated rings. The first-order valence-corrected chi connectivity index (χ1v) is 5.08. The van der Waals surface area contributed by atoms with Crippen LogP contribution in [0.4, 0.5) is 4.39 Å². The maximum Gasteiger partial charge on any atom is 0.297 e. The van der Waals surface area contributed by atoms with Gasteiger partial charge in [0.2, 0.25) is 0 Å². The molecule has 0 spiro atoms. The van der Waals surface area contributed by atoms with Crippen molar-refractivity contribution in [3.8, 4) is 0 Å². The number of carbonyl (C=O) groups excluding carboxylic acids is 2. The van der Waals surface area contributed by atoms with Gasteiger partial charge in [0.25, 0.3) is 11.8 Å². The number of amides is 2. The second-order valence-corrected chi connectivity index (χ2v) is 3.36. The maximum absolute atomic E-state index is 12.3. The van der Waals surface area contributed by atoms with Gasteiger partial charge in [-0.15, -0.1) is 0 Å². The predicted octanol–water partition coefficient (Wildman–Crippen LogP) is 1.49. The summed E-state index contributed by atoms with van der Waals surface area (Å²) in [7, 11) is 0. The number of nitrogens with one attached hydrogen (secondary N) is 2. The number of aryl methyl sites for hydroxylation is 1. The molecule has 90 valence electrons. The second kappa shape index (κ2) is 5.79. The van der Waals surface area contributed by atoms with Crippen molar-refractivity contribution in [2.75, 3.05) is 0 Å². The molecule has 1 rings (SSSR count). The van der Waals surface area contributed by atoms with Gasteiger partial charge >= 0.3 is 0 Å². The zero-order chi connectivity index (χ0) is 12.8. The fourth-order valence-electron chi connectivity index (χ4n) is 1.15. The van der Waals surface area contributed by atoms with Gasteiger partial charge < -0.3 is 0 Å². The van der Waals surface area contributed by atoms with E-state index in [1.54, 1.807) is 12.1 Å². The van der Waals surface area contributed by atoms with Crippen LogP contribution in [0.1, 0.15) is 22.8 Å². The molecule has 0 atom stereocenters. The fourth-order valence-corrected chi connectivity index (χ4v) is 1.15. The summed E-state index contributed by atoms with van der Waals surface area (Å²) in [5.74, 6) is -2.74. The number of rotatable bonds is 3. The molecule has 0 unspecified atom stereocenters. The fraction of sp³-hybridized carbons (Fsp3) is 0.167. The van der Waals surface area contributed by atoms with E-state index >= 15 is 0 Å². The molecule has 0 saturated carbocycles. The van der Waals surface area contributed by atoms with E-state index < -0.39 is 17.6 Å². The summed E-state index contributed by atoms with van der Waals surface area (Å²) in [6.45, 7) is 4.80. The molecule has 5 heteroatoms. The Morgan fingerprint density at radius 1 is 1.24 bits per heavy atom. The molecule has 2 N–H and O–H groups in total. The SMILES string of the molecule is C=C(F)C(=O)NNC(=O)c1ccc(CC)cc1. The van der Waals surface area contributed by atoms with E-state index in [1.165, 1.54) is 0 Å². The molecule has 0 saturated heterocycles. The third-order valence-electron chi connectivity index (χ3n) is 2.16. The number of halogens is 1. The Labute approximate surface area is 98.5 Å². The zero-order valence-corrected chi connectivity index (χ0v) is 9.42. The van der Waals surface area contributed by atoms with Crippen LogP contribution in [0.5, 0.6) is 0 Å². The van der Waals surface area contributed by atoms with Crippen molar-refractivity contribution < 1.29 is 14.0 Å². The molecule has 17 heavy (non-hydrogen) atoms. The lowest BCUT2D eigenvalue weighted by Gasteiger charge is -2.06. The van der Waals surface area contributed by atoms with Crippen LogP contribution >= 0.6 is 0 Å². The van der Waals surface area contributed by atoms with Gasteiger partial charge in [-0.05, 0) is 24.1 Å². The summed E-state index contributed by atoms with van der Waals surface area (Å²) in [6, 6.07) is 6.88. The van der Waals surface area contributed by atoms with Gasteiger partial charge in [0, 0.05) is 5.56 Å². The number of hydrogen-bond acceptors (Lipinski definition) is 2. The summed E-state index contributed by atoms with van der Waals surface area (Å²) in [4.78, 5) is 22.3. The first-order chi connectivity index (χ1) is 8.04. The normalized spacial score (nSPS) is 9.53. The average Bonchev–Trinajstić information content (AvgIpc) is 2.35. The minimum Gasteiger partial charge on any atom is -0.267 e. The largest absolute Gasteiger partial charge is 0.297 e. The number of carbonyl (C=O) groups is 2. The quantitative estimate of drug-likeness (QED) is 0.617. The van der Waals surface area contributed by atoms with Gasteiger partial charge in [-0.25, -0.2) is 4.39 Å². The van der Waals surface area contributed by atoms with E-state index in [-0.39, 0.29) is 0 Å². The van der Waals surface area contributed by atoms with Crippen LogP contribution in [0.3, 0.4) is 0 Å². The van der Waals surface area contributed by atoms with Crippen LogP contribution in [-0.2, 0) is 11.2 Å². The van der Waals surface area contributed by atoms with Gasteiger partial charge in [-0.1, -0.05) is 25.6 Å². The van der Waals surface area contributed by atoms with Crippen LogP contribution in [-0.4, -0.2) is 11.8 Å². The van der Waals surface area contributed by atoms with E-state index in [4.69, 9.17) is 0 Å². The standard InChI is InChI=1S/C12H13FN2O2/c1-3-9-4-6-10(7-5-9)12(17)15-14-11(16)8(2)13/h4-7H,2-3H2,1H3,(H,14,16)(H,15,17). The van der Waals surface area contributed by atoms with Gasteiger partial charge in [-0.3, -0.25) is 20.4 Å². The van der Waals surface area contributed by atoms with Gasteiger partial charge in [0.1, 0.15) is 0 Å². The van der Waals surface area contributed by atoms with Gasteiger partial charge in [0.15, 0.2) is 5.83 Å². The van der Waals surface area contributed by atoms with Crippen molar-refractivity contribution in [2.45, 2.75) is 13.3 Å². The van der Waals surface area contributed by atoms with Crippen molar-refractivity contribution in [1.29, 1.82) is 0 Å². The Morgan fingerprint density at radius 3 is 2.29 bits per heavy atom. The third kappa shape index (κ3) is 3.71. The topological polar surface area (TPSA) is 58.2 Å². The Hall–Kier alpha value is -2.17. The van der Waals surface area contributed by atoms with Gasteiger partial charge in [0.05, 0.1) is 0 Å². The van der Waals surface area contributed by atoms with Crippen LogP contribution < -0.4 is 10.9 Å². The lowest BCUT2D eigenvalue weighted by atomic mass is 10.1. The highest BCUT2D eigenvalue weighted by Crippen LogP contribution is 2.04. The summed E-state index contributed by atoms with van der Waals surface area (Å²) in [5, 5.41) is 0. The molecule has 0 aliphatic heterocycles. The summed E-state index contributed by atoms with van der Waals surface area (Å²) >= 11 is 0. The lowest BCUT2D eigenvalue weighted by Crippen LogP contribution is -2.41. The van der Waals surface area contributed by atoms with Crippen molar-refractivity contribution in [3.05, 3.63) is 47.8 Å². The highest BCUT2D eigenvalue weighted by atomic mass is 19.1. The molecular formula is C12H13FN2O2. The monoisotopic (exact) mass is 236 g/mol. The molecule has 1 aromatic rings. The zero-order valence-electron chi connectivity index (χ0n) is 9.42. The molecule has 0 aliphatic rings. The Morgan fingerprint density at radius 2 is 1.82 bits per heavy atom. The molecule has 0 bridgehead atoms. The average molecular weight is 236 g/mol. The van der Waals surface area contributed by atoms with Crippen LogP contribution in [0.25, 0.3) is 0 Å². The van der Waals surface area contributed by atoms with E-state index in [2.05, 4.69) is 12.0 Å². The highest BCUT2D eigenvalue weighted by Gasteiger charge is 2.08. The van der Waals surface area contributed by atoms with Crippen LogP contribution in [0.2, 0.25) is 0 Å². The molecule has 1 aromatic carbocycles. The minimum absolute atomic E-state index is 0.381. The Balaban J connectivity index is 2.58. The molecule has 0 radical (unpaired) electrons. The molecule has 0 heterocycles. The van der Waals surface area contributed by atoms with Crippen molar-refractivity contribution >= 4 is 11.8 Å². The molecule has 4 nitrogen and oxygen atoms in total. The lowest BCUT2D eigenvalue weighted by molar-refractivity contribution is -0.119. The second-order valence-electron chi connectivity index (χ2n) is 3.36. The highest BCUT2D eigenvalue weighted by molar-refractivity contribution is 5.97. The van der Waals surface area contributed by atoms with Gasteiger partial charge in [-0.2, -0.15) is 0 Å². The molecular weight excluding hydrogens is 223 g/mol. The number of benzene rings is 1. The summed E-state index contributed by atoms with van der Waals surface area (Å²) in [5.41, 5.74) is 5.46. The Bertz CT molecular complexity index is 440. The number of hydrazine groups is 1. The number of hydrogen-bond donors (Lipinski definition) is 2. The van der Waals surface area contributed by atoms with Crippen molar-refractivity contribution in [2.24, 2.45) is 0 Å². The summed E-state index contributed by atoms with van der Waals surface area (Å²) < 4.78 is 12.3. The van der Waals surface area contributed by atoms with Crippen LogP contribution in [0.15, 0.2) is 36.7 Å². The third-order valence-corrected chi connectivity index (χ3v) is 2.16. The smallest absolute Gasteiger partial charge is 0.267 e. The van der Waals surface area contributed by atoms with E-state index in [9.17, 15) is 14.0 Å². The predicted molar refractivity (Wildman–Crippen MR) is 61.7 cm³/mol. The maximum atomic E-state index is 12.3. The summed E-state index contributed by atoms with van der Waals surface area (Å²) in [6.07, 6.45) is 0.875. The Kier molecular flexibility index (Phi) is 4.39. The van der Waals surface area contributed by atoms with E-state index in [1.807, 2.05) is 24.5 Å². The first kappa shape index (κ1) is 12.9. The molecule has 0 aliphatic carbocycles. The van der Waals surface area contributed by atoms with Crippen LogP contribution in [0, 0.1) is 0 Å². The van der Waals surface area contributed by atoms with Crippen molar-refractivity contribution in [3.63, 3.8) is 0 Å². The molecule has 2 amide bonds. The van der Waals surface area contributed by atoms with E-state index in [0.29, 0.717) is 5.56 Å². The van der Waals surface area contributed by atoms with E-state index in [0.717, 1.165) is 12.0 Å². The first-order valence-electron chi connectivity index (χ1n) is 5.08. The van der Waals surface area contributed by atoms with Crippen molar-refractivity contribution in [1.82, 2.24) is 10.9 Å². The molecule has 0 aromatic heterocycles.